The summed E-state index contributed by atoms with van der Waals surface area (Å²) in [6.45, 7) is 13.1. The van der Waals surface area contributed by atoms with Crippen LogP contribution in [0.3, 0.4) is 0 Å². The third-order valence-electron chi connectivity index (χ3n) is 3.70. The Labute approximate surface area is 128 Å². The maximum Gasteiger partial charge on any atom is 0.408 e. The van der Waals surface area contributed by atoms with E-state index in [1.165, 1.54) is 0 Å². The van der Waals surface area contributed by atoms with Crippen LogP contribution < -0.4 is 5.32 Å². The summed E-state index contributed by atoms with van der Waals surface area (Å²) in [5, 5.41) is 2.73. The van der Waals surface area contributed by atoms with E-state index in [9.17, 15) is 9.59 Å². The van der Waals surface area contributed by atoms with Crippen molar-refractivity contribution in [3.63, 3.8) is 0 Å². The number of nitrogens with one attached hydrogen (secondary N) is 1. The van der Waals surface area contributed by atoms with Crippen molar-refractivity contribution in [2.24, 2.45) is 11.8 Å². The Balaban J connectivity index is 2.64. The third kappa shape index (κ3) is 5.94. The van der Waals surface area contributed by atoms with Crippen molar-refractivity contribution in [3.8, 4) is 0 Å². The number of rotatable bonds is 3. The van der Waals surface area contributed by atoms with E-state index in [1.807, 2.05) is 39.5 Å². The van der Waals surface area contributed by atoms with Gasteiger partial charge in [0.05, 0.1) is 0 Å². The van der Waals surface area contributed by atoms with Crippen LogP contribution in [0.5, 0.6) is 0 Å². The topological polar surface area (TPSA) is 58.6 Å². The molecule has 21 heavy (non-hydrogen) atoms. The van der Waals surface area contributed by atoms with E-state index in [0.717, 1.165) is 25.9 Å². The molecule has 0 aromatic carbocycles. The normalized spacial score (nSPS) is 18.5. The largest absolute Gasteiger partial charge is 0.444 e. The van der Waals surface area contributed by atoms with E-state index in [0.29, 0.717) is 5.92 Å². The van der Waals surface area contributed by atoms with Gasteiger partial charge in [-0.05, 0) is 45.4 Å². The fourth-order valence-electron chi connectivity index (χ4n) is 2.37. The highest BCUT2D eigenvalue weighted by Crippen LogP contribution is 2.18. The van der Waals surface area contributed by atoms with Crippen molar-refractivity contribution in [2.45, 2.75) is 66.0 Å². The second-order valence-corrected chi connectivity index (χ2v) is 7.38. The molecule has 2 amide bonds. The first-order chi connectivity index (χ1) is 9.60. The molecule has 0 aliphatic carbocycles. The third-order valence-corrected chi connectivity index (χ3v) is 3.70. The van der Waals surface area contributed by atoms with Crippen molar-refractivity contribution < 1.29 is 14.3 Å². The van der Waals surface area contributed by atoms with Crippen LogP contribution in [0.15, 0.2) is 0 Å². The molecule has 1 saturated heterocycles. The van der Waals surface area contributed by atoms with E-state index in [2.05, 4.69) is 12.2 Å². The summed E-state index contributed by atoms with van der Waals surface area (Å²) in [6, 6.07) is -0.520. The number of piperidine rings is 1. The fourth-order valence-corrected chi connectivity index (χ4v) is 2.37. The zero-order valence-electron chi connectivity index (χ0n) is 14.2. The maximum absolute atomic E-state index is 12.6. The van der Waals surface area contributed by atoms with Crippen LogP contribution in [0.1, 0.15) is 54.4 Å². The maximum atomic E-state index is 12.6. The predicted octanol–water partition coefficient (Wildman–Crippen LogP) is 2.79. The van der Waals surface area contributed by atoms with Gasteiger partial charge in [-0.1, -0.05) is 20.8 Å². The molecule has 5 heteroatoms. The molecule has 1 fully saturated rings. The molecule has 0 aromatic rings. The molecule has 0 bridgehead atoms. The van der Waals surface area contributed by atoms with E-state index < -0.39 is 17.7 Å². The Morgan fingerprint density at radius 2 is 1.71 bits per heavy atom. The van der Waals surface area contributed by atoms with Crippen LogP contribution in [-0.4, -0.2) is 41.6 Å². The number of likely N-dealkylation sites (tertiary alicyclic amines) is 1. The highest BCUT2D eigenvalue weighted by molar-refractivity contribution is 5.86. The number of alkyl carbamates (subject to hydrolysis) is 1. The van der Waals surface area contributed by atoms with Crippen molar-refractivity contribution in [2.75, 3.05) is 13.1 Å². The number of nitrogens with zero attached hydrogens (tertiary/aromatic N) is 1. The average Bonchev–Trinajstić information content (AvgIpc) is 2.33. The van der Waals surface area contributed by atoms with Crippen molar-refractivity contribution in [3.05, 3.63) is 0 Å². The molecule has 1 atom stereocenters. The van der Waals surface area contributed by atoms with Crippen molar-refractivity contribution in [1.82, 2.24) is 10.2 Å². The minimum absolute atomic E-state index is 0.00255. The van der Waals surface area contributed by atoms with Gasteiger partial charge in [0.25, 0.3) is 0 Å². The van der Waals surface area contributed by atoms with Gasteiger partial charge in [-0.3, -0.25) is 4.79 Å². The minimum atomic E-state index is -0.560. The lowest BCUT2D eigenvalue weighted by atomic mass is 9.97. The quantitative estimate of drug-likeness (QED) is 0.871. The lowest BCUT2D eigenvalue weighted by Crippen LogP contribution is -2.53. The summed E-state index contributed by atoms with van der Waals surface area (Å²) in [4.78, 5) is 26.4. The first kappa shape index (κ1) is 17.8. The standard InChI is InChI=1S/C16H30N2O3/c1-11(2)13(17-15(20)21-16(4,5)6)14(19)18-9-7-12(3)8-10-18/h11-13H,7-10H2,1-6H3,(H,17,20)/t13-/m1/s1. The molecule has 0 radical (unpaired) electrons. The minimum Gasteiger partial charge on any atom is -0.444 e. The van der Waals surface area contributed by atoms with Gasteiger partial charge >= 0.3 is 6.09 Å². The van der Waals surface area contributed by atoms with Gasteiger partial charge in [0.2, 0.25) is 5.91 Å². The van der Waals surface area contributed by atoms with Gasteiger partial charge in [-0.2, -0.15) is 0 Å². The van der Waals surface area contributed by atoms with Crippen LogP contribution in [0.4, 0.5) is 4.79 Å². The van der Waals surface area contributed by atoms with E-state index in [1.54, 1.807) is 0 Å². The van der Waals surface area contributed by atoms with E-state index in [-0.39, 0.29) is 11.8 Å². The number of hydrogen-bond donors (Lipinski definition) is 1. The summed E-state index contributed by atoms with van der Waals surface area (Å²) >= 11 is 0. The van der Waals surface area contributed by atoms with Crippen LogP contribution in [0.25, 0.3) is 0 Å². The molecule has 0 saturated carbocycles. The Hall–Kier alpha value is -1.26. The number of carbonyl (C=O) groups excluding carboxylic acids is 2. The molecule has 1 heterocycles. The molecule has 0 spiro atoms. The van der Waals surface area contributed by atoms with Crippen LogP contribution in [0, 0.1) is 11.8 Å². The zero-order chi connectivity index (χ0) is 16.2. The number of ether oxygens (including phenoxy) is 1. The second-order valence-electron chi connectivity index (χ2n) is 7.38. The number of hydrogen-bond acceptors (Lipinski definition) is 3. The zero-order valence-corrected chi connectivity index (χ0v) is 14.2. The van der Waals surface area contributed by atoms with Gasteiger partial charge in [0, 0.05) is 13.1 Å². The Kier molecular flexibility index (Phi) is 6.05. The first-order valence-corrected chi connectivity index (χ1v) is 7.88. The Morgan fingerprint density at radius 1 is 1.19 bits per heavy atom. The SMILES string of the molecule is CC1CCN(C(=O)[C@H](NC(=O)OC(C)(C)C)C(C)C)CC1. The molecule has 1 N–H and O–H groups in total. The second kappa shape index (κ2) is 7.14. The summed E-state index contributed by atoms with van der Waals surface area (Å²) in [5.41, 5.74) is -0.560. The Bertz CT molecular complexity index is 366. The van der Waals surface area contributed by atoms with Gasteiger partial charge in [0.1, 0.15) is 11.6 Å². The lowest BCUT2D eigenvalue weighted by molar-refractivity contribution is -0.135. The Morgan fingerprint density at radius 3 is 2.14 bits per heavy atom. The molecule has 5 nitrogen and oxygen atoms in total. The highest BCUT2D eigenvalue weighted by atomic mass is 16.6. The van der Waals surface area contributed by atoms with Crippen LogP contribution >= 0.6 is 0 Å². The molecule has 1 aliphatic heterocycles. The molecule has 0 aromatic heterocycles. The van der Waals surface area contributed by atoms with Gasteiger partial charge in [-0.15, -0.1) is 0 Å². The van der Waals surface area contributed by atoms with Crippen LogP contribution in [-0.2, 0) is 9.53 Å². The summed E-state index contributed by atoms with van der Waals surface area (Å²) < 4.78 is 5.25. The molecule has 122 valence electrons. The van der Waals surface area contributed by atoms with Crippen molar-refractivity contribution >= 4 is 12.0 Å². The first-order valence-electron chi connectivity index (χ1n) is 7.88. The van der Waals surface area contributed by atoms with E-state index >= 15 is 0 Å². The monoisotopic (exact) mass is 298 g/mol. The predicted molar refractivity (Wildman–Crippen MR) is 83.0 cm³/mol. The molecular weight excluding hydrogens is 268 g/mol. The average molecular weight is 298 g/mol. The summed E-state index contributed by atoms with van der Waals surface area (Å²) in [5.74, 6) is 0.706. The molecule has 1 aliphatic rings. The number of amides is 2. The highest BCUT2D eigenvalue weighted by Gasteiger charge is 2.31. The smallest absolute Gasteiger partial charge is 0.408 e. The summed E-state index contributed by atoms with van der Waals surface area (Å²) in [7, 11) is 0. The van der Waals surface area contributed by atoms with Gasteiger partial charge in [-0.25, -0.2) is 4.79 Å². The van der Waals surface area contributed by atoms with E-state index in [4.69, 9.17) is 4.74 Å². The fraction of sp³-hybridized carbons (Fsp3) is 0.875. The van der Waals surface area contributed by atoms with Gasteiger partial charge in [0.15, 0.2) is 0 Å². The molecule has 1 rings (SSSR count). The summed E-state index contributed by atoms with van der Waals surface area (Å²) in [6.07, 6.45) is 1.53. The molecule has 0 unspecified atom stereocenters. The van der Waals surface area contributed by atoms with Crippen LogP contribution in [0.2, 0.25) is 0 Å². The van der Waals surface area contributed by atoms with Gasteiger partial charge < -0.3 is 15.0 Å². The number of carbonyl (C=O) groups is 2. The van der Waals surface area contributed by atoms with Crippen molar-refractivity contribution in [1.29, 1.82) is 0 Å². The lowest BCUT2D eigenvalue weighted by Gasteiger charge is -2.34. The molecular formula is C16H30N2O3.